The summed E-state index contributed by atoms with van der Waals surface area (Å²) in [7, 11) is -0.460. The fourth-order valence-electron chi connectivity index (χ4n) is 1.55. The lowest BCUT2D eigenvalue weighted by molar-refractivity contribution is 0.468. The average Bonchev–Trinajstić information content (AvgIpc) is 2.79. The molecule has 1 heterocycles. The summed E-state index contributed by atoms with van der Waals surface area (Å²) < 4.78 is 32.4. The van der Waals surface area contributed by atoms with Gasteiger partial charge in [-0.05, 0) is 12.1 Å². The maximum absolute atomic E-state index is 11.6. The Morgan fingerprint density at radius 2 is 2.05 bits per heavy atom. The molecule has 2 aromatic rings. The van der Waals surface area contributed by atoms with Crippen molar-refractivity contribution in [1.82, 2.24) is 14.0 Å². The number of rotatable bonds is 5. The SMILES string of the molecule is C[C@H](CNS(=O)(=O)N(C)C)c1nc2ccccc2o1. The second kappa shape index (κ2) is 5.28. The summed E-state index contributed by atoms with van der Waals surface area (Å²) in [5.74, 6) is 0.393. The summed E-state index contributed by atoms with van der Waals surface area (Å²) in [5.41, 5.74) is 1.49. The molecule has 1 N–H and O–H groups in total. The topological polar surface area (TPSA) is 75.4 Å². The summed E-state index contributed by atoms with van der Waals surface area (Å²) in [6.07, 6.45) is 0. The van der Waals surface area contributed by atoms with Crippen LogP contribution in [0.5, 0.6) is 0 Å². The van der Waals surface area contributed by atoms with Gasteiger partial charge in [-0.15, -0.1) is 0 Å². The van der Waals surface area contributed by atoms with Gasteiger partial charge in [0.1, 0.15) is 5.52 Å². The quantitative estimate of drug-likeness (QED) is 0.898. The van der Waals surface area contributed by atoms with E-state index in [1.165, 1.54) is 14.1 Å². The summed E-state index contributed by atoms with van der Waals surface area (Å²) in [4.78, 5) is 4.34. The lowest BCUT2D eigenvalue weighted by atomic mass is 10.2. The molecule has 0 bridgehead atoms. The third-order valence-electron chi connectivity index (χ3n) is 2.78. The molecule has 0 saturated carbocycles. The van der Waals surface area contributed by atoms with E-state index >= 15 is 0 Å². The van der Waals surface area contributed by atoms with Crippen LogP contribution in [0.2, 0.25) is 0 Å². The van der Waals surface area contributed by atoms with E-state index in [0.29, 0.717) is 11.5 Å². The largest absolute Gasteiger partial charge is 0.440 e. The van der Waals surface area contributed by atoms with Crippen LogP contribution in [-0.2, 0) is 10.2 Å². The van der Waals surface area contributed by atoms with Gasteiger partial charge in [0.25, 0.3) is 10.2 Å². The van der Waals surface area contributed by atoms with E-state index in [-0.39, 0.29) is 12.5 Å². The Labute approximate surface area is 112 Å². The highest BCUT2D eigenvalue weighted by Crippen LogP contribution is 2.20. The van der Waals surface area contributed by atoms with Crippen molar-refractivity contribution in [3.05, 3.63) is 30.2 Å². The summed E-state index contributed by atoms with van der Waals surface area (Å²) >= 11 is 0. The molecule has 6 nitrogen and oxygen atoms in total. The third kappa shape index (κ3) is 3.12. The Bertz CT molecular complexity index is 631. The highest BCUT2D eigenvalue weighted by molar-refractivity contribution is 7.87. The number of aromatic nitrogens is 1. The van der Waals surface area contributed by atoms with Crippen LogP contribution in [0.25, 0.3) is 11.1 Å². The molecular formula is C12H17N3O3S. The molecule has 0 unspecified atom stereocenters. The normalized spacial score (nSPS) is 14.1. The van der Waals surface area contributed by atoms with Gasteiger partial charge in [0.2, 0.25) is 0 Å². The van der Waals surface area contributed by atoms with Crippen LogP contribution in [0.15, 0.2) is 28.7 Å². The van der Waals surface area contributed by atoms with Gasteiger partial charge in [0.15, 0.2) is 11.5 Å². The molecule has 0 fully saturated rings. The zero-order valence-electron chi connectivity index (χ0n) is 11.1. The molecule has 0 aliphatic carbocycles. The first-order chi connectivity index (χ1) is 8.90. The molecular weight excluding hydrogens is 266 g/mol. The number of hydrogen-bond acceptors (Lipinski definition) is 4. The molecule has 1 atom stereocenters. The van der Waals surface area contributed by atoms with Crippen molar-refractivity contribution in [2.75, 3.05) is 20.6 Å². The molecule has 2 rings (SSSR count). The smallest absolute Gasteiger partial charge is 0.278 e. The van der Waals surface area contributed by atoms with Crippen molar-refractivity contribution in [2.45, 2.75) is 12.8 Å². The summed E-state index contributed by atoms with van der Waals surface area (Å²) in [6.45, 7) is 2.11. The number of nitrogens with zero attached hydrogens (tertiary/aromatic N) is 2. The fourth-order valence-corrected chi connectivity index (χ4v) is 2.27. The van der Waals surface area contributed by atoms with Crippen molar-refractivity contribution >= 4 is 21.3 Å². The van der Waals surface area contributed by atoms with E-state index in [0.717, 1.165) is 9.82 Å². The molecule has 104 valence electrons. The van der Waals surface area contributed by atoms with Crippen LogP contribution in [0.1, 0.15) is 18.7 Å². The van der Waals surface area contributed by atoms with Crippen molar-refractivity contribution in [1.29, 1.82) is 0 Å². The van der Waals surface area contributed by atoms with E-state index in [1.807, 2.05) is 31.2 Å². The van der Waals surface area contributed by atoms with Gasteiger partial charge >= 0.3 is 0 Å². The van der Waals surface area contributed by atoms with E-state index < -0.39 is 10.2 Å². The molecule has 1 aromatic carbocycles. The Hall–Kier alpha value is -1.44. The fraction of sp³-hybridized carbons (Fsp3) is 0.417. The van der Waals surface area contributed by atoms with Crippen LogP contribution in [-0.4, -0.2) is 38.3 Å². The van der Waals surface area contributed by atoms with Gasteiger partial charge in [-0.1, -0.05) is 19.1 Å². The lowest BCUT2D eigenvalue weighted by Crippen LogP contribution is -2.37. The lowest BCUT2D eigenvalue weighted by Gasteiger charge is -2.14. The van der Waals surface area contributed by atoms with Crippen molar-refractivity contribution < 1.29 is 12.8 Å². The third-order valence-corrected chi connectivity index (χ3v) is 4.28. The number of benzene rings is 1. The number of para-hydroxylation sites is 2. The van der Waals surface area contributed by atoms with Gasteiger partial charge in [-0.2, -0.15) is 12.7 Å². The first-order valence-electron chi connectivity index (χ1n) is 5.93. The van der Waals surface area contributed by atoms with Gasteiger partial charge in [0, 0.05) is 26.6 Å². The second-order valence-electron chi connectivity index (χ2n) is 4.56. The first kappa shape index (κ1) is 14.0. The predicted molar refractivity (Wildman–Crippen MR) is 73.0 cm³/mol. The van der Waals surface area contributed by atoms with E-state index in [4.69, 9.17) is 4.42 Å². The predicted octanol–water partition coefficient (Wildman–Crippen LogP) is 1.33. The summed E-state index contributed by atoms with van der Waals surface area (Å²) in [5, 5.41) is 0. The standard InChI is InChI=1S/C12H17N3O3S/c1-9(8-13-19(16,17)15(2)3)12-14-10-6-4-5-7-11(10)18-12/h4-7,9,13H,8H2,1-3H3/t9-/m1/s1. The minimum Gasteiger partial charge on any atom is -0.440 e. The van der Waals surface area contributed by atoms with E-state index in [9.17, 15) is 8.42 Å². The van der Waals surface area contributed by atoms with Crippen LogP contribution >= 0.6 is 0 Å². The highest BCUT2D eigenvalue weighted by atomic mass is 32.2. The zero-order valence-corrected chi connectivity index (χ0v) is 11.9. The van der Waals surface area contributed by atoms with E-state index in [1.54, 1.807) is 0 Å². The van der Waals surface area contributed by atoms with Gasteiger partial charge in [0.05, 0.1) is 0 Å². The van der Waals surface area contributed by atoms with Gasteiger partial charge in [-0.3, -0.25) is 0 Å². The summed E-state index contributed by atoms with van der Waals surface area (Å²) in [6, 6.07) is 7.45. The molecule has 0 aliphatic heterocycles. The van der Waals surface area contributed by atoms with Gasteiger partial charge in [-0.25, -0.2) is 9.71 Å². The molecule has 19 heavy (non-hydrogen) atoms. The van der Waals surface area contributed by atoms with Crippen molar-refractivity contribution in [3.8, 4) is 0 Å². The Kier molecular flexibility index (Phi) is 3.88. The second-order valence-corrected chi connectivity index (χ2v) is 6.53. The minimum absolute atomic E-state index is 0.137. The first-order valence-corrected chi connectivity index (χ1v) is 7.37. The molecule has 0 aliphatic rings. The Morgan fingerprint density at radius 1 is 1.37 bits per heavy atom. The molecule has 7 heteroatoms. The van der Waals surface area contributed by atoms with Crippen molar-refractivity contribution in [2.24, 2.45) is 0 Å². The number of fused-ring (bicyclic) bond motifs is 1. The number of oxazole rings is 1. The van der Waals surface area contributed by atoms with E-state index in [2.05, 4.69) is 9.71 Å². The minimum atomic E-state index is -3.42. The van der Waals surface area contributed by atoms with Crippen molar-refractivity contribution in [3.63, 3.8) is 0 Å². The highest BCUT2D eigenvalue weighted by Gasteiger charge is 2.18. The molecule has 0 amide bonds. The van der Waals surface area contributed by atoms with Gasteiger partial charge < -0.3 is 4.42 Å². The number of nitrogens with one attached hydrogen (secondary N) is 1. The molecule has 1 aromatic heterocycles. The van der Waals surface area contributed by atoms with Crippen LogP contribution in [0.3, 0.4) is 0 Å². The maximum atomic E-state index is 11.6. The maximum Gasteiger partial charge on any atom is 0.278 e. The number of hydrogen-bond donors (Lipinski definition) is 1. The van der Waals surface area contributed by atoms with Crippen LogP contribution in [0, 0.1) is 0 Å². The zero-order chi connectivity index (χ0) is 14.0. The van der Waals surface area contributed by atoms with Crippen LogP contribution in [0.4, 0.5) is 0 Å². The molecule has 0 saturated heterocycles. The Morgan fingerprint density at radius 3 is 2.68 bits per heavy atom. The monoisotopic (exact) mass is 283 g/mol. The molecule has 0 radical (unpaired) electrons. The molecule has 0 spiro atoms. The average molecular weight is 283 g/mol. The van der Waals surface area contributed by atoms with Crippen LogP contribution < -0.4 is 4.72 Å². The Balaban J connectivity index is 2.10.